The molecule has 3 atom stereocenters. The molecule has 4 heteroatoms. The first-order valence-corrected chi connectivity index (χ1v) is 9.00. The molecule has 2 N–H and O–H groups in total. The first-order valence-electron chi connectivity index (χ1n) is 7.39. The molecular weight excluding hydrogens is 346 g/mol. The molecule has 0 fully saturated rings. The Hall–Kier alpha value is -0.680. The lowest BCUT2D eigenvalue weighted by Crippen LogP contribution is -2.28. The molecular formula is C17H20BrNOS. The third-order valence-electron chi connectivity index (χ3n) is 3.98. The van der Waals surface area contributed by atoms with Crippen molar-refractivity contribution in [1.29, 1.82) is 0 Å². The lowest BCUT2D eigenvalue weighted by molar-refractivity contribution is -0.0321. The zero-order valence-corrected chi connectivity index (χ0v) is 14.5. The fourth-order valence-corrected chi connectivity index (χ4v) is 4.54. The monoisotopic (exact) mass is 365 g/mol. The van der Waals surface area contributed by atoms with Gasteiger partial charge in [-0.2, -0.15) is 0 Å². The standard InChI is InChI=1S/C17H20BrNOS/c1-11(19)17(15-9-10-16(18)21-15)20-14-8-4-6-12-5-2-3-7-13(12)14/h2-3,5,7,9-11,14,17H,4,6,8,19H2,1H3. The SMILES string of the molecule is CC(N)C(OC1CCCc2ccccc21)c1ccc(Br)s1. The maximum absolute atomic E-state index is 6.44. The average Bonchev–Trinajstić information content (AvgIpc) is 2.90. The molecule has 3 rings (SSSR count). The minimum Gasteiger partial charge on any atom is -0.363 e. The fourth-order valence-electron chi connectivity index (χ4n) is 2.96. The predicted octanol–water partition coefficient (Wildman–Crippen LogP) is 4.99. The zero-order chi connectivity index (χ0) is 14.8. The summed E-state index contributed by atoms with van der Waals surface area (Å²) in [7, 11) is 0. The van der Waals surface area contributed by atoms with E-state index in [0.29, 0.717) is 0 Å². The number of nitrogens with two attached hydrogens (primary N) is 1. The van der Waals surface area contributed by atoms with Crippen LogP contribution in [0.25, 0.3) is 0 Å². The van der Waals surface area contributed by atoms with Gasteiger partial charge in [0, 0.05) is 10.9 Å². The van der Waals surface area contributed by atoms with Crippen LogP contribution in [-0.2, 0) is 11.2 Å². The van der Waals surface area contributed by atoms with E-state index in [4.69, 9.17) is 10.5 Å². The number of fused-ring (bicyclic) bond motifs is 1. The molecule has 2 aromatic rings. The molecule has 1 aromatic heterocycles. The second kappa shape index (κ2) is 6.61. The molecule has 0 radical (unpaired) electrons. The number of aryl methyl sites for hydroxylation is 1. The maximum atomic E-state index is 6.44. The van der Waals surface area contributed by atoms with Gasteiger partial charge in [-0.25, -0.2) is 0 Å². The van der Waals surface area contributed by atoms with Gasteiger partial charge in [-0.1, -0.05) is 24.3 Å². The Kier molecular flexibility index (Phi) is 4.79. The van der Waals surface area contributed by atoms with Crippen LogP contribution >= 0.6 is 27.3 Å². The van der Waals surface area contributed by atoms with E-state index in [0.717, 1.165) is 16.6 Å². The van der Waals surface area contributed by atoms with Crippen LogP contribution in [0.1, 0.15) is 48.0 Å². The van der Waals surface area contributed by atoms with Crippen LogP contribution < -0.4 is 5.73 Å². The second-order valence-corrected chi connectivity index (χ2v) is 8.13. The van der Waals surface area contributed by atoms with Gasteiger partial charge in [-0.05, 0) is 65.4 Å². The van der Waals surface area contributed by atoms with E-state index in [1.807, 2.05) is 6.92 Å². The van der Waals surface area contributed by atoms with Crippen molar-refractivity contribution in [3.8, 4) is 0 Å². The summed E-state index contributed by atoms with van der Waals surface area (Å²) in [5.41, 5.74) is 8.94. The number of hydrogen-bond donors (Lipinski definition) is 1. The molecule has 0 saturated heterocycles. The third-order valence-corrected chi connectivity index (χ3v) is 5.66. The van der Waals surface area contributed by atoms with Crippen molar-refractivity contribution in [1.82, 2.24) is 0 Å². The molecule has 1 aliphatic rings. The Morgan fingerprint density at radius 3 is 2.81 bits per heavy atom. The van der Waals surface area contributed by atoms with E-state index >= 15 is 0 Å². The van der Waals surface area contributed by atoms with Crippen molar-refractivity contribution in [3.63, 3.8) is 0 Å². The molecule has 21 heavy (non-hydrogen) atoms. The number of ether oxygens (including phenoxy) is 1. The lowest BCUT2D eigenvalue weighted by Gasteiger charge is -2.31. The fraction of sp³-hybridized carbons (Fsp3) is 0.412. The quantitative estimate of drug-likeness (QED) is 0.827. The largest absolute Gasteiger partial charge is 0.363 e. The van der Waals surface area contributed by atoms with Crippen LogP contribution in [0.3, 0.4) is 0 Å². The van der Waals surface area contributed by atoms with Gasteiger partial charge in [0.2, 0.25) is 0 Å². The van der Waals surface area contributed by atoms with Gasteiger partial charge in [0.1, 0.15) is 6.10 Å². The van der Waals surface area contributed by atoms with Crippen LogP contribution in [0, 0.1) is 0 Å². The summed E-state index contributed by atoms with van der Waals surface area (Å²) >= 11 is 5.23. The van der Waals surface area contributed by atoms with Gasteiger partial charge in [0.15, 0.2) is 0 Å². The van der Waals surface area contributed by atoms with E-state index in [1.54, 1.807) is 11.3 Å². The Morgan fingerprint density at radius 1 is 1.29 bits per heavy atom. The van der Waals surface area contributed by atoms with Gasteiger partial charge < -0.3 is 10.5 Å². The number of hydrogen-bond acceptors (Lipinski definition) is 3. The van der Waals surface area contributed by atoms with Crippen molar-refractivity contribution >= 4 is 27.3 Å². The number of benzene rings is 1. The molecule has 0 bridgehead atoms. The van der Waals surface area contributed by atoms with Crippen LogP contribution in [0.5, 0.6) is 0 Å². The molecule has 3 unspecified atom stereocenters. The van der Waals surface area contributed by atoms with E-state index in [2.05, 4.69) is 52.3 Å². The van der Waals surface area contributed by atoms with Gasteiger partial charge in [-0.3, -0.25) is 0 Å². The van der Waals surface area contributed by atoms with Crippen molar-refractivity contribution in [2.75, 3.05) is 0 Å². The number of thiophene rings is 1. The Balaban J connectivity index is 1.84. The van der Waals surface area contributed by atoms with E-state index in [9.17, 15) is 0 Å². The average molecular weight is 366 g/mol. The normalized spacial score (nSPS) is 20.8. The Bertz CT molecular complexity index is 610. The molecule has 2 nitrogen and oxygen atoms in total. The highest BCUT2D eigenvalue weighted by molar-refractivity contribution is 9.11. The summed E-state index contributed by atoms with van der Waals surface area (Å²) in [5, 5.41) is 0. The molecule has 112 valence electrons. The number of halogens is 1. The molecule has 1 heterocycles. The molecule has 1 aromatic carbocycles. The Morgan fingerprint density at radius 2 is 2.10 bits per heavy atom. The summed E-state index contributed by atoms with van der Waals surface area (Å²) < 4.78 is 7.56. The summed E-state index contributed by atoms with van der Waals surface area (Å²) in [6.07, 6.45) is 3.53. The van der Waals surface area contributed by atoms with Crippen molar-refractivity contribution in [3.05, 3.63) is 56.2 Å². The summed E-state index contributed by atoms with van der Waals surface area (Å²) in [4.78, 5) is 1.19. The topological polar surface area (TPSA) is 35.2 Å². The lowest BCUT2D eigenvalue weighted by atomic mass is 9.89. The van der Waals surface area contributed by atoms with Crippen molar-refractivity contribution < 1.29 is 4.74 Å². The van der Waals surface area contributed by atoms with Crippen molar-refractivity contribution in [2.24, 2.45) is 5.73 Å². The summed E-state index contributed by atoms with van der Waals surface area (Å²) in [5.74, 6) is 0. The van der Waals surface area contributed by atoms with Crippen LogP contribution in [0.2, 0.25) is 0 Å². The second-order valence-electron chi connectivity index (χ2n) is 5.64. The molecule has 0 amide bonds. The molecule has 1 aliphatic carbocycles. The molecule has 0 saturated carbocycles. The van der Waals surface area contributed by atoms with E-state index < -0.39 is 0 Å². The minimum atomic E-state index is -0.0440. The minimum absolute atomic E-state index is 0.0235. The summed E-state index contributed by atoms with van der Waals surface area (Å²) in [6, 6.07) is 12.8. The van der Waals surface area contributed by atoms with Gasteiger partial charge >= 0.3 is 0 Å². The maximum Gasteiger partial charge on any atom is 0.107 e. The first-order chi connectivity index (χ1) is 10.1. The summed E-state index contributed by atoms with van der Waals surface area (Å²) in [6.45, 7) is 2.02. The highest BCUT2D eigenvalue weighted by Crippen LogP contribution is 2.39. The number of rotatable bonds is 4. The molecule has 0 aliphatic heterocycles. The van der Waals surface area contributed by atoms with Crippen molar-refractivity contribution in [2.45, 2.75) is 44.4 Å². The smallest absolute Gasteiger partial charge is 0.107 e. The Labute approximate surface area is 138 Å². The van der Waals surface area contributed by atoms with Gasteiger partial charge in [-0.15, -0.1) is 11.3 Å². The first kappa shape index (κ1) is 15.2. The third kappa shape index (κ3) is 3.39. The zero-order valence-electron chi connectivity index (χ0n) is 12.1. The van der Waals surface area contributed by atoms with Crippen LogP contribution in [-0.4, -0.2) is 6.04 Å². The predicted molar refractivity (Wildman–Crippen MR) is 91.6 cm³/mol. The van der Waals surface area contributed by atoms with Gasteiger partial charge in [0.05, 0.1) is 9.89 Å². The molecule has 0 spiro atoms. The van der Waals surface area contributed by atoms with E-state index in [1.165, 1.54) is 22.4 Å². The van der Waals surface area contributed by atoms with E-state index in [-0.39, 0.29) is 18.2 Å². The van der Waals surface area contributed by atoms with Gasteiger partial charge in [0.25, 0.3) is 0 Å². The van der Waals surface area contributed by atoms with Crippen LogP contribution in [0.15, 0.2) is 40.2 Å². The highest BCUT2D eigenvalue weighted by atomic mass is 79.9. The highest BCUT2D eigenvalue weighted by Gasteiger charge is 2.27. The van der Waals surface area contributed by atoms with Crippen LogP contribution in [0.4, 0.5) is 0 Å².